The molecule has 0 bridgehead atoms. The predicted molar refractivity (Wildman–Crippen MR) is 105 cm³/mol. The first-order valence-corrected chi connectivity index (χ1v) is 9.51. The van der Waals surface area contributed by atoms with Gasteiger partial charge in [0, 0.05) is 42.3 Å². The number of aromatic amines is 1. The number of fused-ring (bicyclic) bond motifs is 1. The first-order valence-electron chi connectivity index (χ1n) is 8.75. The number of nitrogens with one attached hydrogen (secondary N) is 2. The van der Waals surface area contributed by atoms with Gasteiger partial charge in [0.25, 0.3) is 5.91 Å². The quantitative estimate of drug-likeness (QED) is 0.610. The minimum Gasteiger partial charge on any atom is -1.00 e. The van der Waals surface area contributed by atoms with Crippen LogP contribution in [0.25, 0.3) is 0 Å². The van der Waals surface area contributed by atoms with Crippen molar-refractivity contribution in [2.45, 2.75) is 19.4 Å². The van der Waals surface area contributed by atoms with Crippen molar-refractivity contribution < 1.29 is 35.0 Å². The molecule has 3 atom stereocenters. The summed E-state index contributed by atoms with van der Waals surface area (Å²) in [6.07, 6.45) is 0.0322. The fraction of sp³-hybridized carbons (Fsp3) is 0.368. The summed E-state index contributed by atoms with van der Waals surface area (Å²) in [4.78, 5) is 28.4. The number of benzene rings is 1. The monoisotopic (exact) mass is 415 g/mol. The fourth-order valence-corrected chi connectivity index (χ4v) is 4.32. The largest absolute Gasteiger partial charge is 1.00 e. The second-order valence-electron chi connectivity index (χ2n) is 7.22. The van der Waals surface area contributed by atoms with Crippen LogP contribution in [0.15, 0.2) is 24.3 Å². The molecule has 1 aromatic carbocycles. The second kappa shape index (κ2) is 8.04. The molecular formula is C19H20Cl2LiN3O3. The number of halogens is 2. The van der Waals surface area contributed by atoms with Gasteiger partial charge in [0.2, 0.25) is 0 Å². The van der Waals surface area contributed by atoms with E-state index in [1.165, 1.54) is 0 Å². The van der Waals surface area contributed by atoms with Gasteiger partial charge in [-0.25, -0.2) is 0 Å². The van der Waals surface area contributed by atoms with Crippen LogP contribution in [-0.4, -0.2) is 41.1 Å². The molecule has 6 nitrogen and oxygen atoms in total. The van der Waals surface area contributed by atoms with Crippen LogP contribution in [0.1, 0.15) is 23.2 Å². The molecule has 2 aliphatic rings. The number of aromatic nitrogens is 1. The molecule has 1 amide bonds. The third kappa shape index (κ3) is 3.92. The number of rotatable bonds is 5. The fourth-order valence-electron chi connectivity index (χ4n) is 3.90. The summed E-state index contributed by atoms with van der Waals surface area (Å²) < 4.78 is 0. The Morgan fingerprint density at radius 2 is 1.82 bits per heavy atom. The van der Waals surface area contributed by atoms with Gasteiger partial charge < -0.3 is 21.7 Å². The van der Waals surface area contributed by atoms with E-state index in [1.54, 1.807) is 6.92 Å². The maximum Gasteiger partial charge on any atom is 1.00 e. The molecule has 2 aromatic rings. The first kappa shape index (κ1) is 21.1. The van der Waals surface area contributed by atoms with E-state index in [4.69, 9.17) is 28.3 Å². The number of piperidine rings is 1. The molecule has 2 heterocycles. The Morgan fingerprint density at radius 1 is 1.21 bits per heavy atom. The maximum atomic E-state index is 12.4. The molecule has 2 fully saturated rings. The molecule has 1 aliphatic heterocycles. The number of carboxylic acid groups (broad SMARTS) is 1. The van der Waals surface area contributed by atoms with Crippen molar-refractivity contribution in [3.8, 4) is 0 Å². The van der Waals surface area contributed by atoms with Gasteiger partial charge >= 0.3 is 24.8 Å². The zero-order valence-corrected chi connectivity index (χ0v) is 17.1. The third-order valence-electron chi connectivity index (χ3n) is 5.43. The van der Waals surface area contributed by atoms with Crippen LogP contribution >= 0.6 is 23.2 Å². The van der Waals surface area contributed by atoms with Crippen molar-refractivity contribution in [3.63, 3.8) is 0 Å². The van der Waals surface area contributed by atoms with E-state index >= 15 is 0 Å². The van der Waals surface area contributed by atoms with Gasteiger partial charge in [-0.1, -0.05) is 35.3 Å². The van der Waals surface area contributed by atoms with E-state index in [1.807, 2.05) is 24.3 Å². The number of carbonyl (C=O) groups is 2. The van der Waals surface area contributed by atoms with Gasteiger partial charge in [0.1, 0.15) is 5.69 Å². The molecular weight excluding hydrogens is 396 g/mol. The number of carbonyl (C=O) groups excluding carboxylic acids is 1. The van der Waals surface area contributed by atoms with E-state index in [2.05, 4.69) is 15.2 Å². The molecule has 1 aromatic heterocycles. The van der Waals surface area contributed by atoms with E-state index in [-0.39, 0.29) is 43.7 Å². The van der Waals surface area contributed by atoms with Crippen molar-refractivity contribution in [1.29, 1.82) is 0 Å². The number of nitrogens with zero attached hydrogens (tertiary/aromatic N) is 1. The molecule has 1 unspecified atom stereocenters. The topological polar surface area (TPSA) is 85.4 Å². The summed E-state index contributed by atoms with van der Waals surface area (Å²) in [6.45, 7) is 3.51. The third-order valence-corrected chi connectivity index (χ3v) is 6.38. The Labute approximate surface area is 186 Å². The number of amides is 1. The van der Waals surface area contributed by atoms with Gasteiger partial charge in [-0.2, -0.15) is 0 Å². The van der Waals surface area contributed by atoms with Gasteiger partial charge in [0.15, 0.2) is 0 Å². The van der Waals surface area contributed by atoms with Crippen LogP contribution < -0.4 is 29.1 Å². The SMILES string of the molecule is Cc1[nH]c(C(=O)NC2[C@H]3CN(c4ccc(CC(=O)O)cc4)C[C@@H]23)c(Cl)c1Cl.[H-].[Li+]. The molecule has 4 rings (SSSR count). The molecule has 0 radical (unpaired) electrons. The molecule has 1 saturated carbocycles. The van der Waals surface area contributed by atoms with Crippen LogP contribution in [0.4, 0.5) is 5.69 Å². The van der Waals surface area contributed by atoms with Crippen molar-refractivity contribution in [2.24, 2.45) is 11.8 Å². The Hall–Kier alpha value is -1.58. The minimum absolute atomic E-state index is 0. The molecule has 0 spiro atoms. The van der Waals surface area contributed by atoms with Crippen molar-refractivity contribution >= 4 is 40.8 Å². The van der Waals surface area contributed by atoms with Crippen LogP contribution in [0, 0.1) is 18.8 Å². The smallest absolute Gasteiger partial charge is 1.00 e. The van der Waals surface area contributed by atoms with E-state index in [0.29, 0.717) is 28.2 Å². The average Bonchev–Trinajstić information content (AvgIpc) is 2.96. The Bertz CT molecular complexity index is 910. The number of hydrogen-bond acceptors (Lipinski definition) is 3. The van der Waals surface area contributed by atoms with E-state index in [0.717, 1.165) is 24.3 Å². The van der Waals surface area contributed by atoms with Crippen LogP contribution in [-0.2, 0) is 11.2 Å². The predicted octanol–water partition coefficient (Wildman–Crippen LogP) is 0.238. The van der Waals surface area contributed by atoms with E-state index < -0.39 is 5.97 Å². The Balaban J connectivity index is 0.00000150. The number of aliphatic carboxylic acids is 1. The van der Waals surface area contributed by atoms with Crippen molar-refractivity contribution in [3.05, 3.63) is 51.3 Å². The molecule has 3 N–H and O–H groups in total. The summed E-state index contributed by atoms with van der Waals surface area (Å²) in [5.41, 5.74) is 2.86. The molecule has 144 valence electrons. The second-order valence-corrected chi connectivity index (χ2v) is 7.98. The standard InChI is InChI=1S/C19H19Cl2N3O3.Li.H/c1-9-15(20)16(21)18(22-9)19(27)23-17-12-7-24(8-13(12)17)11-4-2-10(3-5-11)6-14(25)26;;/h2-5,12-13,17,22H,6-8H2,1H3,(H,23,27)(H,25,26);;/q;+1;-1/t12-,13+,17?;;. The Kier molecular flexibility index (Phi) is 6.07. The zero-order valence-electron chi connectivity index (χ0n) is 16.6. The summed E-state index contributed by atoms with van der Waals surface area (Å²) in [7, 11) is 0. The van der Waals surface area contributed by atoms with Gasteiger partial charge in [-0.15, -0.1) is 0 Å². The molecule has 1 aliphatic carbocycles. The normalized spacial score (nSPS) is 22.4. The maximum absolute atomic E-state index is 12.4. The number of hydrogen-bond donors (Lipinski definition) is 3. The van der Waals surface area contributed by atoms with Gasteiger partial charge in [-0.3, -0.25) is 9.59 Å². The Morgan fingerprint density at radius 3 is 2.32 bits per heavy atom. The van der Waals surface area contributed by atoms with Crippen molar-refractivity contribution in [2.75, 3.05) is 18.0 Å². The number of aryl methyl sites for hydroxylation is 1. The summed E-state index contributed by atoms with van der Waals surface area (Å²) >= 11 is 12.1. The summed E-state index contributed by atoms with van der Waals surface area (Å²) in [5, 5.41) is 12.5. The first-order chi connectivity index (χ1) is 12.8. The minimum atomic E-state index is -0.831. The number of H-pyrrole nitrogens is 1. The van der Waals surface area contributed by atoms with Crippen LogP contribution in [0.2, 0.25) is 10.0 Å². The van der Waals surface area contributed by atoms with Crippen LogP contribution in [0.5, 0.6) is 0 Å². The average molecular weight is 416 g/mol. The van der Waals surface area contributed by atoms with Crippen LogP contribution in [0.3, 0.4) is 0 Å². The van der Waals surface area contributed by atoms with Gasteiger partial charge in [0.05, 0.1) is 16.5 Å². The zero-order chi connectivity index (χ0) is 19.3. The number of carboxylic acids is 1. The van der Waals surface area contributed by atoms with Gasteiger partial charge in [-0.05, 0) is 24.6 Å². The molecule has 28 heavy (non-hydrogen) atoms. The summed E-state index contributed by atoms with van der Waals surface area (Å²) in [6, 6.07) is 7.77. The number of anilines is 1. The van der Waals surface area contributed by atoms with Crippen molar-refractivity contribution in [1.82, 2.24) is 10.3 Å². The van der Waals surface area contributed by atoms with E-state index in [9.17, 15) is 9.59 Å². The summed E-state index contributed by atoms with van der Waals surface area (Å²) in [5.74, 6) is -0.225. The molecule has 9 heteroatoms. The molecule has 1 saturated heterocycles.